The number of nitrogens with two attached hydrogens (primary N) is 1. The van der Waals surface area contributed by atoms with E-state index in [0.717, 1.165) is 4.90 Å². The summed E-state index contributed by atoms with van der Waals surface area (Å²) in [6.07, 6.45) is 0. The molecule has 0 saturated carbocycles. The van der Waals surface area contributed by atoms with Crippen LogP contribution in [0.2, 0.25) is 5.02 Å². The van der Waals surface area contributed by atoms with Crippen LogP contribution in [0.25, 0.3) is 0 Å². The summed E-state index contributed by atoms with van der Waals surface area (Å²) in [5.41, 5.74) is 7.36. The monoisotopic (exact) mass is 304 g/mol. The fourth-order valence-corrected chi connectivity index (χ4v) is 3.04. The van der Waals surface area contributed by atoms with Gasteiger partial charge in [0, 0.05) is 15.4 Å². The molecule has 2 nitrogen and oxygen atoms in total. The van der Waals surface area contributed by atoms with Crippen molar-refractivity contribution >= 4 is 29.2 Å². The molecule has 2 rings (SSSR count). The van der Waals surface area contributed by atoms with Crippen LogP contribution in [0.5, 0.6) is 0 Å². The third kappa shape index (κ3) is 3.56. The van der Waals surface area contributed by atoms with Crippen molar-refractivity contribution in [1.82, 2.24) is 0 Å². The fraction of sp³-hybridized carbons (Fsp3) is 0.188. The van der Waals surface area contributed by atoms with Crippen LogP contribution in [0.1, 0.15) is 30.9 Å². The van der Waals surface area contributed by atoms with E-state index in [1.54, 1.807) is 17.8 Å². The van der Waals surface area contributed by atoms with Crippen LogP contribution in [-0.4, -0.2) is 5.84 Å². The lowest BCUT2D eigenvalue weighted by molar-refractivity contribution is 0.865. The number of hydrogen-bond donors (Lipinski definition) is 2. The molecule has 0 amide bonds. The predicted molar refractivity (Wildman–Crippen MR) is 87.1 cm³/mol. The number of halogens is 1. The Morgan fingerprint density at radius 1 is 1.10 bits per heavy atom. The molecule has 20 heavy (non-hydrogen) atoms. The smallest absolute Gasteiger partial charge is 0.124 e. The zero-order valence-corrected chi connectivity index (χ0v) is 13.1. The molecule has 0 aliphatic rings. The van der Waals surface area contributed by atoms with Crippen molar-refractivity contribution in [3.05, 3.63) is 58.6 Å². The maximum absolute atomic E-state index is 7.42. The largest absolute Gasteiger partial charge is 0.384 e. The molecule has 3 N–H and O–H groups in total. The van der Waals surface area contributed by atoms with Crippen molar-refractivity contribution in [2.75, 3.05) is 0 Å². The number of benzene rings is 2. The normalized spacial score (nSPS) is 10.8. The van der Waals surface area contributed by atoms with Gasteiger partial charge in [0.15, 0.2) is 0 Å². The Morgan fingerprint density at radius 3 is 2.20 bits per heavy atom. The summed E-state index contributed by atoms with van der Waals surface area (Å²) in [6, 6.07) is 14.1. The van der Waals surface area contributed by atoms with Crippen molar-refractivity contribution in [2.24, 2.45) is 5.73 Å². The van der Waals surface area contributed by atoms with Crippen LogP contribution < -0.4 is 5.73 Å². The highest BCUT2D eigenvalue weighted by Gasteiger charge is 2.06. The highest BCUT2D eigenvalue weighted by Crippen LogP contribution is 2.31. The van der Waals surface area contributed by atoms with Crippen LogP contribution in [0, 0.1) is 5.41 Å². The Morgan fingerprint density at radius 2 is 1.70 bits per heavy atom. The van der Waals surface area contributed by atoms with Crippen LogP contribution in [0.4, 0.5) is 0 Å². The first-order valence-electron chi connectivity index (χ1n) is 6.39. The first-order valence-corrected chi connectivity index (χ1v) is 7.58. The van der Waals surface area contributed by atoms with Gasteiger partial charge < -0.3 is 5.73 Å². The van der Waals surface area contributed by atoms with Gasteiger partial charge in [-0.1, -0.05) is 49.3 Å². The van der Waals surface area contributed by atoms with E-state index < -0.39 is 0 Å². The summed E-state index contributed by atoms with van der Waals surface area (Å²) >= 11 is 7.77. The molecule has 2 aromatic carbocycles. The molecule has 0 aliphatic heterocycles. The number of rotatable bonds is 4. The van der Waals surface area contributed by atoms with Gasteiger partial charge in [0.05, 0.1) is 5.02 Å². The van der Waals surface area contributed by atoms with Crippen molar-refractivity contribution < 1.29 is 0 Å². The Hall–Kier alpha value is -1.45. The predicted octanol–water partition coefficient (Wildman–Crippen LogP) is 4.90. The number of nitrogens with one attached hydrogen (secondary N) is 1. The minimum Gasteiger partial charge on any atom is -0.384 e. The number of amidine groups is 1. The molecule has 0 radical (unpaired) electrons. The lowest BCUT2D eigenvalue weighted by atomic mass is 10.0. The van der Waals surface area contributed by atoms with Crippen LogP contribution in [0.3, 0.4) is 0 Å². The Kier molecular flexibility index (Phi) is 4.73. The van der Waals surface area contributed by atoms with Gasteiger partial charge in [0.25, 0.3) is 0 Å². The molecule has 0 saturated heterocycles. The summed E-state index contributed by atoms with van der Waals surface area (Å²) in [4.78, 5) is 2.21. The molecule has 0 spiro atoms. The van der Waals surface area contributed by atoms with Crippen molar-refractivity contribution in [3.63, 3.8) is 0 Å². The standard InChI is InChI=1S/C16H17ClN2S/c1-10(2)11-3-5-12(6-4-11)20-13-7-8-14(16(18)19)15(17)9-13/h3-10H,1-2H3,(H3,18,19). The van der Waals surface area contributed by atoms with Crippen LogP contribution >= 0.6 is 23.4 Å². The van der Waals surface area contributed by atoms with Gasteiger partial charge in [-0.3, -0.25) is 5.41 Å². The van der Waals surface area contributed by atoms with E-state index in [-0.39, 0.29) is 5.84 Å². The van der Waals surface area contributed by atoms with E-state index >= 15 is 0 Å². The molecule has 2 aromatic rings. The van der Waals surface area contributed by atoms with E-state index in [2.05, 4.69) is 38.1 Å². The first kappa shape index (κ1) is 14.9. The van der Waals surface area contributed by atoms with Crippen molar-refractivity contribution in [2.45, 2.75) is 29.6 Å². The van der Waals surface area contributed by atoms with Gasteiger partial charge in [-0.2, -0.15) is 0 Å². The van der Waals surface area contributed by atoms with Gasteiger partial charge in [-0.25, -0.2) is 0 Å². The average molecular weight is 305 g/mol. The molecule has 0 bridgehead atoms. The second kappa shape index (κ2) is 6.33. The van der Waals surface area contributed by atoms with E-state index in [9.17, 15) is 0 Å². The van der Waals surface area contributed by atoms with Crippen molar-refractivity contribution in [1.29, 1.82) is 5.41 Å². The molecular formula is C16H17ClN2S. The van der Waals surface area contributed by atoms with Gasteiger partial charge in [0.1, 0.15) is 5.84 Å². The van der Waals surface area contributed by atoms with E-state index in [4.69, 9.17) is 22.7 Å². The molecular weight excluding hydrogens is 288 g/mol. The molecule has 0 aliphatic carbocycles. The molecule has 4 heteroatoms. The maximum atomic E-state index is 7.42. The molecule has 0 aromatic heterocycles. The van der Waals surface area contributed by atoms with Crippen LogP contribution in [-0.2, 0) is 0 Å². The molecule has 0 atom stereocenters. The minimum atomic E-state index is -0.00663. The fourth-order valence-electron chi connectivity index (χ4n) is 1.83. The zero-order chi connectivity index (χ0) is 14.7. The lowest BCUT2D eigenvalue weighted by Crippen LogP contribution is -2.11. The average Bonchev–Trinajstić information content (AvgIpc) is 2.39. The summed E-state index contributed by atoms with van der Waals surface area (Å²) in [5, 5.41) is 7.93. The molecule has 0 unspecified atom stereocenters. The number of nitrogen functional groups attached to an aromatic ring is 1. The summed E-state index contributed by atoms with van der Waals surface area (Å²) < 4.78 is 0. The first-order chi connectivity index (χ1) is 9.47. The molecule has 104 valence electrons. The molecule has 0 heterocycles. The van der Waals surface area contributed by atoms with Crippen molar-refractivity contribution in [3.8, 4) is 0 Å². The van der Waals surface area contributed by atoms with E-state index in [1.807, 2.05) is 12.1 Å². The maximum Gasteiger partial charge on any atom is 0.124 e. The zero-order valence-electron chi connectivity index (χ0n) is 11.5. The third-order valence-electron chi connectivity index (χ3n) is 3.01. The second-order valence-electron chi connectivity index (χ2n) is 4.88. The van der Waals surface area contributed by atoms with Crippen LogP contribution in [0.15, 0.2) is 52.3 Å². The highest BCUT2D eigenvalue weighted by atomic mass is 35.5. The lowest BCUT2D eigenvalue weighted by Gasteiger charge is -2.08. The second-order valence-corrected chi connectivity index (χ2v) is 6.44. The van der Waals surface area contributed by atoms with Gasteiger partial charge >= 0.3 is 0 Å². The Labute approximate surface area is 128 Å². The van der Waals surface area contributed by atoms with Gasteiger partial charge in [-0.05, 0) is 41.8 Å². The summed E-state index contributed by atoms with van der Waals surface area (Å²) in [5.74, 6) is 0.534. The summed E-state index contributed by atoms with van der Waals surface area (Å²) in [6.45, 7) is 4.37. The SMILES string of the molecule is CC(C)c1ccc(Sc2ccc(C(=N)N)c(Cl)c2)cc1. The Balaban J connectivity index is 2.17. The quantitative estimate of drug-likeness (QED) is 0.623. The number of hydrogen-bond acceptors (Lipinski definition) is 2. The summed E-state index contributed by atoms with van der Waals surface area (Å²) in [7, 11) is 0. The molecule has 0 fully saturated rings. The van der Waals surface area contributed by atoms with Gasteiger partial charge in [0.2, 0.25) is 0 Å². The highest BCUT2D eigenvalue weighted by molar-refractivity contribution is 7.99. The Bertz CT molecular complexity index is 621. The van der Waals surface area contributed by atoms with Gasteiger partial charge in [-0.15, -0.1) is 0 Å². The van der Waals surface area contributed by atoms with E-state index in [0.29, 0.717) is 16.5 Å². The van der Waals surface area contributed by atoms with E-state index in [1.165, 1.54) is 10.5 Å². The topological polar surface area (TPSA) is 49.9 Å². The minimum absolute atomic E-state index is 0.00663. The third-order valence-corrected chi connectivity index (χ3v) is 4.32.